The molecule has 0 fully saturated rings. The third kappa shape index (κ3) is 5.46. The van der Waals surface area contributed by atoms with E-state index in [9.17, 15) is 0 Å². The molecule has 4 nitrogen and oxygen atoms in total. The molecule has 0 spiro atoms. The Balaban J connectivity index is 1.17. The largest absolute Gasteiger partial charge is 0.458 e. The zero-order chi connectivity index (χ0) is 38.3. The summed E-state index contributed by atoms with van der Waals surface area (Å²) in [6.45, 7) is 6.62. The summed E-state index contributed by atoms with van der Waals surface area (Å²) in [4.78, 5) is 4.85. The first kappa shape index (κ1) is 33.7. The standard InChI is InChI=1S/C51H40B2N3O/c1-33-19-23-35(24-20-33)55(36-25-21-34(2)22-26-36)37-27-28-38(43(31-37)54-51(3)29-11-4-12-30-51)39-32-47-49-50-48(39)52-40-13-5-8-16-44(40)56(50)45-17-9-6-14-41(45)53(49)42-15-7-10-18-46(42)57-47/h4-29,31-32,54H,30H2,1-3H3. The van der Waals surface area contributed by atoms with E-state index in [4.69, 9.17) is 4.74 Å². The van der Waals surface area contributed by atoms with Crippen LogP contribution in [0.2, 0.25) is 0 Å². The molecule has 11 rings (SSSR count). The van der Waals surface area contributed by atoms with E-state index in [0.717, 1.165) is 51.8 Å². The molecular formula is C51H40B2N3O. The Hall–Kier alpha value is -6.65. The summed E-state index contributed by atoms with van der Waals surface area (Å²) < 4.78 is 6.98. The molecule has 6 heteroatoms. The molecule has 3 aliphatic heterocycles. The minimum atomic E-state index is -0.289. The van der Waals surface area contributed by atoms with E-state index in [2.05, 4.69) is 213 Å². The van der Waals surface area contributed by atoms with Crippen LogP contribution >= 0.6 is 0 Å². The molecule has 271 valence electrons. The van der Waals surface area contributed by atoms with E-state index in [1.54, 1.807) is 0 Å². The Morgan fingerprint density at radius 3 is 2.07 bits per heavy atom. The third-order valence-electron chi connectivity index (χ3n) is 12.1. The van der Waals surface area contributed by atoms with Gasteiger partial charge in [0.25, 0.3) is 6.71 Å². The van der Waals surface area contributed by atoms with Crippen LogP contribution in [0.5, 0.6) is 11.5 Å². The van der Waals surface area contributed by atoms with Gasteiger partial charge in [0.1, 0.15) is 11.5 Å². The second kappa shape index (κ2) is 13.0. The average Bonchev–Trinajstić information content (AvgIpc) is 3.24. The number of hydrogen-bond donors (Lipinski definition) is 1. The zero-order valence-electron chi connectivity index (χ0n) is 32.3. The van der Waals surface area contributed by atoms with E-state index in [1.807, 2.05) is 0 Å². The Kier molecular flexibility index (Phi) is 7.65. The van der Waals surface area contributed by atoms with Crippen LogP contribution in [0.15, 0.2) is 170 Å². The molecule has 0 amide bonds. The molecule has 0 saturated carbocycles. The lowest BCUT2D eigenvalue weighted by atomic mass is 9.33. The summed E-state index contributed by atoms with van der Waals surface area (Å²) in [5.74, 6) is 1.82. The quantitative estimate of drug-likeness (QED) is 0.173. The van der Waals surface area contributed by atoms with Crippen LogP contribution in [-0.2, 0) is 0 Å². The van der Waals surface area contributed by atoms with Crippen LogP contribution in [0.1, 0.15) is 24.5 Å². The topological polar surface area (TPSA) is 27.7 Å². The van der Waals surface area contributed by atoms with Gasteiger partial charge in [-0.05, 0) is 110 Å². The van der Waals surface area contributed by atoms with Crippen molar-refractivity contribution in [2.75, 3.05) is 15.1 Å². The lowest BCUT2D eigenvalue weighted by Crippen LogP contribution is -2.62. The summed E-state index contributed by atoms with van der Waals surface area (Å²) in [5, 5.41) is 4.08. The lowest BCUT2D eigenvalue weighted by Gasteiger charge is -2.44. The third-order valence-corrected chi connectivity index (χ3v) is 12.1. The molecule has 0 aromatic heterocycles. The molecule has 0 bridgehead atoms. The summed E-state index contributed by atoms with van der Waals surface area (Å²) in [5.41, 5.74) is 18.5. The number of anilines is 7. The first-order chi connectivity index (χ1) is 27.9. The molecular weight excluding hydrogens is 692 g/mol. The summed E-state index contributed by atoms with van der Waals surface area (Å²) in [7, 11) is 2.40. The number of ether oxygens (including phenoxy) is 1. The fraction of sp³-hybridized carbons (Fsp3) is 0.0980. The highest BCUT2D eigenvalue weighted by Gasteiger charge is 2.45. The molecule has 3 heterocycles. The average molecular weight is 733 g/mol. The summed E-state index contributed by atoms with van der Waals surface area (Å²) >= 11 is 0. The number of rotatable bonds is 6. The fourth-order valence-corrected chi connectivity index (χ4v) is 9.31. The first-order valence-corrected chi connectivity index (χ1v) is 19.9. The van der Waals surface area contributed by atoms with Crippen molar-refractivity contribution in [1.82, 2.24) is 0 Å². The Morgan fingerprint density at radius 2 is 1.33 bits per heavy atom. The number of hydrogen-bond acceptors (Lipinski definition) is 4. The zero-order valence-corrected chi connectivity index (χ0v) is 32.3. The lowest BCUT2D eigenvalue weighted by molar-refractivity contribution is 0.488. The summed E-state index contributed by atoms with van der Waals surface area (Å²) in [6.07, 6.45) is 9.71. The Morgan fingerprint density at radius 1 is 0.667 bits per heavy atom. The molecule has 1 N–H and O–H groups in total. The van der Waals surface area contributed by atoms with Gasteiger partial charge in [0, 0.05) is 45.4 Å². The predicted octanol–water partition coefficient (Wildman–Crippen LogP) is 9.50. The van der Waals surface area contributed by atoms with E-state index in [0.29, 0.717) is 0 Å². The van der Waals surface area contributed by atoms with Crippen LogP contribution in [0, 0.1) is 13.8 Å². The monoisotopic (exact) mass is 732 g/mol. The number of benzene rings is 7. The van der Waals surface area contributed by atoms with Crippen molar-refractivity contribution in [2.24, 2.45) is 0 Å². The van der Waals surface area contributed by atoms with Crippen LogP contribution < -0.4 is 47.2 Å². The fourth-order valence-electron chi connectivity index (χ4n) is 9.31. The first-order valence-electron chi connectivity index (χ1n) is 19.9. The highest BCUT2D eigenvalue weighted by Crippen LogP contribution is 2.46. The molecule has 7 aromatic carbocycles. The number of allylic oxidation sites excluding steroid dienone is 2. The maximum atomic E-state index is 6.98. The van der Waals surface area contributed by atoms with E-state index in [-0.39, 0.29) is 12.3 Å². The van der Waals surface area contributed by atoms with Gasteiger partial charge in [0.15, 0.2) is 7.28 Å². The van der Waals surface area contributed by atoms with Gasteiger partial charge in [-0.1, -0.05) is 131 Å². The Bertz CT molecular complexity index is 2760. The van der Waals surface area contributed by atoms with Gasteiger partial charge in [-0.3, -0.25) is 0 Å². The smallest absolute Gasteiger partial charge is 0.256 e. The minimum Gasteiger partial charge on any atom is -0.458 e. The van der Waals surface area contributed by atoms with Gasteiger partial charge in [0.2, 0.25) is 0 Å². The molecule has 4 aliphatic rings. The van der Waals surface area contributed by atoms with Gasteiger partial charge in [-0.25, -0.2) is 0 Å². The van der Waals surface area contributed by atoms with Gasteiger partial charge >= 0.3 is 0 Å². The molecule has 1 aliphatic carbocycles. The SMILES string of the molecule is Cc1ccc(N(c2ccc(C)cc2)c2ccc(-c3cc4c5c6c3[B]c3ccccc3N6c3ccccc3B5c3ccccc3O4)c(NC3(C)C=CC=CC3)c2)cc1. The molecule has 1 radical (unpaired) electrons. The number of nitrogens with one attached hydrogen (secondary N) is 1. The highest BCUT2D eigenvalue weighted by atomic mass is 16.5. The molecule has 1 atom stereocenters. The van der Waals surface area contributed by atoms with Crippen LogP contribution in [0.4, 0.5) is 39.8 Å². The molecule has 7 aromatic rings. The summed E-state index contributed by atoms with van der Waals surface area (Å²) in [6, 6.07) is 53.1. The van der Waals surface area contributed by atoms with Crippen LogP contribution in [0.25, 0.3) is 11.1 Å². The van der Waals surface area contributed by atoms with Crippen molar-refractivity contribution >= 4 is 81.1 Å². The van der Waals surface area contributed by atoms with Crippen molar-refractivity contribution in [2.45, 2.75) is 32.7 Å². The highest BCUT2D eigenvalue weighted by molar-refractivity contribution is 7.00. The van der Waals surface area contributed by atoms with Crippen molar-refractivity contribution < 1.29 is 4.74 Å². The van der Waals surface area contributed by atoms with Gasteiger partial charge in [-0.2, -0.15) is 0 Å². The number of nitrogens with zero attached hydrogens (tertiary/aromatic N) is 2. The molecule has 57 heavy (non-hydrogen) atoms. The van der Waals surface area contributed by atoms with Crippen molar-refractivity contribution in [3.63, 3.8) is 0 Å². The second-order valence-corrected chi connectivity index (χ2v) is 16.0. The van der Waals surface area contributed by atoms with E-state index >= 15 is 0 Å². The maximum Gasteiger partial charge on any atom is 0.256 e. The van der Waals surface area contributed by atoms with Gasteiger partial charge in [-0.15, -0.1) is 0 Å². The van der Waals surface area contributed by atoms with Gasteiger partial charge in [0.05, 0.1) is 5.54 Å². The predicted molar refractivity (Wildman–Crippen MR) is 242 cm³/mol. The number of fused-ring (bicyclic) bond motifs is 7. The van der Waals surface area contributed by atoms with Crippen molar-refractivity contribution in [1.29, 1.82) is 0 Å². The minimum absolute atomic E-state index is 0.0504. The Labute approximate surface area is 336 Å². The van der Waals surface area contributed by atoms with Crippen molar-refractivity contribution in [3.8, 4) is 22.6 Å². The number of aryl methyl sites for hydroxylation is 2. The number of para-hydroxylation sites is 3. The van der Waals surface area contributed by atoms with Crippen molar-refractivity contribution in [3.05, 3.63) is 181 Å². The van der Waals surface area contributed by atoms with Crippen LogP contribution in [0.3, 0.4) is 0 Å². The molecule has 1 unspecified atom stereocenters. The molecule has 0 saturated heterocycles. The van der Waals surface area contributed by atoms with E-state index < -0.39 is 0 Å². The van der Waals surface area contributed by atoms with Crippen LogP contribution in [-0.4, -0.2) is 19.5 Å². The van der Waals surface area contributed by atoms with E-state index in [1.165, 1.54) is 55.5 Å². The second-order valence-electron chi connectivity index (χ2n) is 16.0. The maximum absolute atomic E-state index is 6.98. The normalized spacial score (nSPS) is 16.4. The van der Waals surface area contributed by atoms with Gasteiger partial charge < -0.3 is 19.9 Å².